The van der Waals surface area contributed by atoms with Gasteiger partial charge in [0.05, 0.1) is 10.9 Å². The van der Waals surface area contributed by atoms with E-state index >= 15 is 0 Å². The minimum atomic E-state index is -3.76. The van der Waals surface area contributed by atoms with Crippen molar-refractivity contribution in [2.24, 2.45) is 5.14 Å². The molecule has 1 unspecified atom stereocenters. The Kier molecular flexibility index (Phi) is 4.50. The van der Waals surface area contributed by atoms with Gasteiger partial charge in [0.15, 0.2) is 0 Å². The molecule has 0 fully saturated rings. The summed E-state index contributed by atoms with van der Waals surface area (Å²) in [5.41, 5.74) is 1.07. The van der Waals surface area contributed by atoms with Crippen LogP contribution < -0.4 is 10.5 Å². The quantitative estimate of drug-likeness (QED) is 0.764. The number of aromatic nitrogens is 1. The summed E-state index contributed by atoms with van der Waals surface area (Å²) in [5, 5.41) is 7.87. The molecule has 0 saturated heterocycles. The lowest BCUT2D eigenvalue weighted by Gasteiger charge is -2.14. The van der Waals surface area contributed by atoms with E-state index in [0.29, 0.717) is 11.3 Å². The molecule has 21 heavy (non-hydrogen) atoms. The topological polar surface area (TPSA) is 105 Å². The van der Waals surface area contributed by atoms with Crippen molar-refractivity contribution in [2.75, 3.05) is 0 Å². The Bertz CT molecular complexity index is 770. The molecule has 8 heteroatoms. The predicted octanol–water partition coefficient (Wildman–Crippen LogP) is 1.92. The molecule has 1 heterocycles. The van der Waals surface area contributed by atoms with Crippen molar-refractivity contribution in [1.82, 2.24) is 10.3 Å². The largest absolute Gasteiger partial charge is 0.356 e. The standard InChI is InChI=1S/C13H14BrN3O3S/c1-8(17-13(18)12-6-10(14)7-16-12)9-3-2-4-11(5-9)21(15,19)20/h2-8,16H,1H3,(H,17,18)(H2,15,19,20). The second kappa shape index (κ2) is 6.00. The summed E-state index contributed by atoms with van der Waals surface area (Å²) in [6.45, 7) is 1.76. The summed E-state index contributed by atoms with van der Waals surface area (Å²) in [6.07, 6.45) is 1.65. The third-order valence-corrected chi connectivity index (χ3v) is 4.30. The van der Waals surface area contributed by atoms with E-state index in [2.05, 4.69) is 26.2 Å². The average molecular weight is 372 g/mol. The Morgan fingerprint density at radius 1 is 1.38 bits per heavy atom. The molecule has 0 bridgehead atoms. The minimum absolute atomic E-state index is 0.0173. The van der Waals surface area contributed by atoms with Gasteiger partial charge in [0, 0.05) is 10.7 Å². The van der Waals surface area contributed by atoms with Gasteiger partial charge in [-0.1, -0.05) is 12.1 Å². The molecule has 1 aromatic heterocycles. The summed E-state index contributed by atoms with van der Waals surface area (Å²) < 4.78 is 23.4. The Labute approximate surface area is 130 Å². The average Bonchev–Trinajstić information content (AvgIpc) is 2.84. The second-order valence-corrected chi connectivity index (χ2v) is 7.02. The van der Waals surface area contributed by atoms with Crippen LogP contribution in [0.25, 0.3) is 0 Å². The number of amides is 1. The number of benzene rings is 1. The number of nitrogens with two attached hydrogens (primary N) is 1. The van der Waals surface area contributed by atoms with Crippen molar-refractivity contribution in [2.45, 2.75) is 17.9 Å². The Morgan fingerprint density at radius 3 is 2.67 bits per heavy atom. The number of primary sulfonamides is 1. The highest BCUT2D eigenvalue weighted by Crippen LogP contribution is 2.18. The number of halogens is 1. The predicted molar refractivity (Wildman–Crippen MR) is 82.2 cm³/mol. The minimum Gasteiger partial charge on any atom is -0.356 e. The first kappa shape index (κ1) is 15.7. The fraction of sp³-hybridized carbons (Fsp3) is 0.154. The van der Waals surface area contributed by atoms with Crippen LogP contribution in [0, 0.1) is 0 Å². The molecule has 112 valence electrons. The second-order valence-electron chi connectivity index (χ2n) is 4.54. The number of rotatable bonds is 4. The molecule has 0 aliphatic carbocycles. The molecule has 0 radical (unpaired) electrons. The van der Waals surface area contributed by atoms with Crippen molar-refractivity contribution in [3.8, 4) is 0 Å². The van der Waals surface area contributed by atoms with E-state index in [9.17, 15) is 13.2 Å². The fourth-order valence-corrected chi connectivity index (χ4v) is 2.73. The smallest absolute Gasteiger partial charge is 0.268 e. The van der Waals surface area contributed by atoms with Crippen LogP contribution in [0.4, 0.5) is 0 Å². The highest BCUT2D eigenvalue weighted by molar-refractivity contribution is 9.10. The molecule has 0 saturated carbocycles. The zero-order valence-corrected chi connectivity index (χ0v) is 13.5. The van der Waals surface area contributed by atoms with Crippen LogP contribution in [0.3, 0.4) is 0 Å². The number of carbonyl (C=O) groups excluding carboxylic acids is 1. The third-order valence-electron chi connectivity index (χ3n) is 2.93. The molecule has 2 aromatic rings. The number of hydrogen-bond donors (Lipinski definition) is 3. The molecule has 2 rings (SSSR count). The van der Waals surface area contributed by atoms with Crippen molar-refractivity contribution in [3.63, 3.8) is 0 Å². The SMILES string of the molecule is CC(NC(=O)c1cc(Br)c[nH]1)c1cccc(S(N)(=O)=O)c1. The van der Waals surface area contributed by atoms with E-state index in [-0.39, 0.29) is 16.8 Å². The number of hydrogen-bond acceptors (Lipinski definition) is 3. The van der Waals surface area contributed by atoms with Crippen LogP contribution in [0.1, 0.15) is 29.0 Å². The number of nitrogens with one attached hydrogen (secondary N) is 2. The van der Waals surface area contributed by atoms with Crippen LogP contribution in [0.2, 0.25) is 0 Å². The van der Waals surface area contributed by atoms with Crippen LogP contribution >= 0.6 is 15.9 Å². The lowest BCUT2D eigenvalue weighted by atomic mass is 10.1. The first-order valence-electron chi connectivity index (χ1n) is 6.05. The summed E-state index contributed by atoms with van der Waals surface area (Å²) in [4.78, 5) is 14.9. The van der Waals surface area contributed by atoms with Crippen LogP contribution in [-0.2, 0) is 10.0 Å². The number of aromatic amines is 1. The summed E-state index contributed by atoms with van der Waals surface area (Å²) >= 11 is 3.25. The van der Waals surface area contributed by atoms with Gasteiger partial charge in [0.1, 0.15) is 5.69 Å². The first-order chi connectivity index (χ1) is 9.77. The lowest BCUT2D eigenvalue weighted by molar-refractivity contribution is 0.0935. The molecule has 1 atom stereocenters. The van der Waals surface area contributed by atoms with Crippen LogP contribution in [-0.4, -0.2) is 19.3 Å². The van der Waals surface area contributed by atoms with Gasteiger partial charge in [0.2, 0.25) is 10.0 Å². The van der Waals surface area contributed by atoms with Crippen molar-refractivity contribution < 1.29 is 13.2 Å². The monoisotopic (exact) mass is 371 g/mol. The molecule has 0 aliphatic rings. The van der Waals surface area contributed by atoms with Crippen LogP contribution in [0.15, 0.2) is 45.9 Å². The highest BCUT2D eigenvalue weighted by atomic mass is 79.9. The molecule has 0 aliphatic heterocycles. The van der Waals surface area contributed by atoms with E-state index in [1.54, 1.807) is 31.3 Å². The van der Waals surface area contributed by atoms with Crippen molar-refractivity contribution >= 4 is 31.9 Å². The summed E-state index contributed by atoms with van der Waals surface area (Å²) in [6, 6.07) is 7.47. The molecular formula is C13H14BrN3O3S. The first-order valence-corrected chi connectivity index (χ1v) is 8.39. The normalized spacial score (nSPS) is 12.9. The number of sulfonamides is 1. The molecule has 6 nitrogen and oxygen atoms in total. The number of H-pyrrole nitrogens is 1. The maximum atomic E-state index is 12.0. The van der Waals surface area contributed by atoms with Gasteiger partial charge in [-0.25, -0.2) is 13.6 Å². The van der Waals surface area contributed by atoms with E-state index in [0.717, 1.165) is 4.47 Å². The molecule has 1 amide bonds. The summed E-state index contributed by atoms with van der Waals surface area (Å²) in [5.74, 6) is -0.283. The van der Waals surface area contributed by atoms with E-state index < -0.39 is 10.0 Å². The lowest BCUT2D eigenvalue weighted by Crippen LogP contribution is -2.27. The Hall–Kier alpha value is -1.64. The fourth-order valence-electron chi connectivity index (χ4n) is 1.82. The van der Waals surface area contributed by atoms with Gasteiger partial charge in [-0.3, -0.25) is 4.79 Å². The number of carbonyl (C=O) groups is 1. The van der Waals surface area contributed by atoms with Gasteiger partial charge in [-0.2, -0.15) is 0 Å². The maximum absolute atomic E-state index is 12.0. The highest BCUT2D eigenvalue weighted by Gasteiger charge is 2.15. The molecule has 4 N–H and O–H groups in total. The van der Waals surface area contributed by atoms with Gasteiger partial charge < -0.3 is 10.3 Å². The van der Waals surface area contributed by atoms with Gasteiger partial charge in [-0.05, 0) is 46.6 Å². The van der Waals surface area contributed by atoms with E-state index in [4.69, 9.17) is 5.14 Å². The zero-order valence-electron chi connectivity index (χ0n) is 11.1. The molecular weight excluding hydrogens is 358 g/mol. The van der Waals surface area contributed by atoms with Crippen LogP contribution in [0.5, 0.6) is 0 Å². The van der Waals surface area contributed by atoms with Gasteiger partial charge in [-0.15, -0.1) is 0 Å². The van der Waals surface area contributed by atoms with Crippen molar-refractivity contribution in [1.29, 1.82) is 0 Å². The van der Waals surface area contributed by atoms with Gasteiger partial charge >= 0.3 is 0 Å². The molecule has 1 aromatic carbocycles. The summed E-state index contributed by atoms with van der Waals surface area (Å²) in [7, 11) is -3.76. The zero-order chi connectivity index (χ0) is 15.6. The van der Waals surface area contributed by atoms with E-state index in [1.807, 2.05) is 0 Å². The van der Waals surface area contributed by atoms with Gasteiger partial charge in [0.25, 0.3) is 5.91 Å². The maximum Gasteiger partial charge on any atom is 0.268 e. The van der Waals surface area contributed by atoms with E-state index in [1.165, 1.54) is 12.1 Å². The van der Waals surface area contributed by atoms with Crippen molar-refractivity contribution in [3.05, 3.63) is 52.3 Å². The third kappa shape index (κ3) is 3.93. The Morgan fingerprint density at radius 2 is 2.10 bits per heavy atom. The Balaban J connectivity index is 2.17. The molecule has 0 spiro atoms.